The van der Waals surface area contributed by atoms with Crippen LogP contribution in [0.15, 0.2) is 0 Å². The van der Waals surface area contributed by atoms with Crippen LogP contribution in [0.3, 0.4) is 0 Å². The summed E-state index contributed by atoms with van der Waals surface area (Å²) in [5.41, 5.74) is 0.269. The summed E-state index contributed by atoms with van der Waals surface area (Å²) in [6.45, 7) is 2.23. The molecular weight excluding hydrogens is 141 g/mol. The highest BCUT2D eigenvalue weighted by molar-refractivity contribution is 4.98. The van der Waals surface area contributed by atoms with Crippen LogP contribution in [0.25, 0.3) is 0 Å². The molecule has 2 aliphatic rings. The number of piperidine rings is 2. The van der Waals surface area contributed by atoms with Crippen LogP contribution < -0.4 is 5.32 Å². The Labute approximate surface area is 67.4 Å². The second-order valence-corrected chi connectivity index (χ2v) is 4.26. The summed E-state index contributed by atoms with van der Waals surface area (Å²) in [5.74, 6) is 0. The second kappa shape index (κ2) is 2.44. The van der Waals surface area contributed by atoms with Gasteiger partial charge in [0.2, 0.25) is 0 Å². The fourth-order valence-electron chi connectivity index (χ4n) is 2.43. The van der Waals surface area contributed by atoms with E-state index in [1.807, 2.05) is 0 Å². The third-order valence-electron chi connectivity index (χ3n) is 3.19. The molecule has 2 fully saturated rings. The van der Waals surface area contributed by atoms with Crippen LogP contribution >= 0.6 is 0 Å². The molecule has 2 bridgehead atoms. The summed E-state index contributed by atoms with van der Waals surface area (Å²) in [6, 6.07) is 0.169. The molecule has 0 aliphatic carbocycles. The normalized spacial score (nSPS) is 50.7. The lowest BCUT2D eigenvalue weighted by Gasteiger charge is -2.45. The van der Waals surface area contributed by atoms with Gasteiger partial charge in [-0.15, -0.1) is 0 Å². The minimum atomic E-state index is -0.580. The van der Waals surface area contributed by atoms with Gasteiger partial charge in [0, 0.05) is 11.6 Å². The quantitative estimate of drug-likeness (QED) is 0.567. The SMILES string of the molecule is C[C@@]12CCC[C@H](N1)[C@H](F)CC2. The monoisotopic (exact) mass is 157 g/mol. The topological polar surface area (TPSA) is 12.0 Å². The number of hydrogen-bond donors (Lipinski definition) is 1. The molecule has 11 heavy (non-hydrogen) atoms. The van der Waals surface area contributed by atoms with E-state index in [0.29, 0.717) is 0 Å². The maximum Gasteiger partial charge on any atom is 0.115 e. The summed E-state index contributed by atoms with van der Waals surface area (Å²) in [4.78, 5) is 0. The lowest BCUT2D eigenvalue weighted by Crippen LogP contribution is -2.58. The molecule has 0 unspecified atom stereocenters. The number of alkyl halides is 1. The van der Waals surface area contributed by atoms with Crippen molar-refractivity contribution in [2.24, 2.45) is 0 Å². The van der Waals surface area contributed by atoms with E-state index >= 15 is 0 Å². The molecule has 0 radical (unpaired) electrons. The van der Waals surface area contributed by atoms with Crippen molar-refractivity contribution < 1.29 is 4.39 Å². The van der Waals surface area contributed by atoms with Gasteiger partial charge in [0.1, 0.15) is 6.17 Å². The first-order valence-corrected chi connectivity index (χ1v) is 4.61. The Morgan fingerprint density at radius 2 is 2.18 bits per heavy atom. The van der Waals surface area contributed by atoms with Gasteiger partial charge in [0.15, 0.2) is 0 Å². The minimum absolute atomic E-state index is 0.169. The van der Waals surface area contributed by atoms with Crippen molar-refractivity contribution >= 4 is 0 Å². The van der Waals surface area contributed by atoms with Crippen LogP contribution in [-0.2, 0) is 0 Å². The molecule has 1 nitrogen and oxygen atoms in total. The van der Waals surface area contributed by atoms with E-state index in [2.05, 4.69) is 12.2 Å². The molecule has 64 valence electrons. The van der Waals surface area contributed by atoms with Crippen LogP contribution in [-0.4, -0.2) is 17.8 Å². The number of nitrogens with one attached hydrogen (secondary N) is 1. The lowest BCUT2D eigenvalue weighted by molar-refractivity contribution is 0.0806. The molecule has 0 amide bonds. The number of fused-ring (bicyclic) bond motifs is 2. The summed E-state index contributed by atoms with van der Waals surface area (Å²) in [5, 5.41) is 3.40. The fraction of sp³-hybridized carbons (Fsp3) is 1.00. The van der Waals surface area contributed by atoms with Crippen molar-refractivity contribution in [2.45, 2.75) is 56.8 Å². The van der Waals surface area contributed by atoms with Gasteiger partial charge in [-0.25, -0.2) is 4.39 Å². The van der Waals surface area contributed by atoms with Crippen LogP contribution in [0, 0.1) is 0 Å². The van der Waals surface area contributed by atoms with E-state index in [9.17, 15) is 4.39 Å². The lowest BCUT2D eigenvalue weighted by atomic mass is 9.77. The van der Waals surface area contributed by atoms with E-state index < -0.39 is 6.17 Å². The van der Waals surface area contributed by atoms with Crippen LogP contribution in [0.2, 0.25) is 0 Å². The number of halogens is 1. The Kier molecular flexibility index (Phi) is 1.67. The Morgan fingerprint density at radius 1 is 1.36 bits per heavy atom. The largest absolute Gasteiger partial charge is 0.306 e. The molecule has 0 aromatic rings. The van der Waals surface area contributed by atoms with Gasteiger partial charge < -0.3 is 5.32 Å². The van der Waals surface area contributed by atoms with Crippen LogP contribution in [0.5, 0.6) is 0 Å². The molecule has 0 spiro atoms. The maximum absolute atomic E-state index is 13.2. The molecule has 2 heterocycles. The first kappa shape index (κ1) is 7.53. The average molecular weight is 157 g/mol. The smallest absolute Gasteiger partial charge is 0.115 e. The highest BCUT2D eigenvalue weighted by atomic mass is 19.1. The van der Waals surface area contributed by atoms with E-state index in [1.54, 1.807) is 0 Å². The van der Waals surface area contributed by atoms with Crippen molar-refractivity contribution in [3.63, 3.8) is 0 Å². The van der Waals surface area contributed by atoms with Gasteiger partial charge in [0.25, 0.3) is 0 Å². The van der Waals surface area contributed by atoms with Gasteiger partial charge in [-0.2, -0.15) is 0 Å². The Balaban J connectivity index is 2.09. The number of rotatable bonds is 0. The van der Waals surface area contributed by atoms with E-state index in [1.165, 1.54) is 12.8 Å². The van der Waals surface area contributed by atoms with Crippen molar-refractivity contribution in [3.05, 3.63) is 0 Å². The predicted octanol–water partition coefficient (Wildman–Crippen LogP) is 2.02. The summed E-state index contributed by atoms with van der Waals surface area (Å²) >= 11 is 0. The van der Waals surface area contributed by atoms with Crippen LogP contribution in [0.1, 0.15) is 39.0 Å². The van der Waals surface area contributed by atoms with Crippen molar-refractivity contribution in [1.29, 1.82) is 0 Å². The van der Waals surface area contributed by atoms with Gasteiger partial charge in [-0.05, 0) is 39.0 Å². The molecule has 3 atom stereocenters. The van der Waals surface area contributed by atoms with Gasteiger partial charge >= 0.3 is 0 Å². The van der Waals surface area contributed by atoms with Gasteiger partial charge in [0.05, 0.1) is 0 Å². The highest BCUT2D eigenvalue weighted by Crippen LogP contribution is 2.34. The Bertz CT molecular complexity index is 160. The second-order valence-electron chi connectivity index (χ2n) is 4.26. The molecule has 0 saturated carbocycles. The fourth-order valence-corrected chi connectivity index (χ4v) is 2.43. The molecule has 0 aromatic heterocycles. The zero-order valence-electron chi connectivity index (χ0n) is 7.07. The average Bonchev–Trinajstić information content (AvgIpc) is 1.99. The van der Waals surface area contributed by atoms with E-state index in [-0.39, 0.29) is 11.6 Å². The molecular formula is C9H16FN. The van der Waals surface area contributed by atoms with Crippen molar-refractivity contribution in [1.82, 2.24) is 5.32 Å². The third-order valence-corrected chi connectivity index (χ3v) is 3.19. The highest BCUT2D eigenvalue weighted by Gasteiger charge is 2.39. The molecule has 0 aromatic carbocycles. The molecule has 2 saturated heterocycles. The zero-order valence-corrected chi connectivity index (χ0v) is 7.07. The minimum Gasteiger partial charge on any atom is -0.306 e. The third kappa shape index (κ3) is 1.28. The predicted molar refractivity (Wildman–Crippen MR) is 43.3 cm³/mol. The van der Waals surface area contributed by atoms with E-state index in [4.69, 9.17) is 0 Å². The standard InChI is InChI=1S/C9H16FN/c1-9-5-2-3-8(11-9)7(10)4-6-9/h7-8,11H,2-6H2,1H3/t7-,8+,9+/m1/s1. The Hall–Kier alpha value is -0.110. The zero-order chi connectivity index (χ0) is 7.90. The summed E-state index contributed by atoms with van der Waals surface area (Å²) < 4.78 is 13.2. The van der Waals surface area contributed by atoms with Crippen molar-refractivity contribution in [3.8, 4) is 0 Å². The first-order chi connectivity index (χ1) is 5.20. The molecule has 2 aliphatic heterocycles. The molecule has 1 N–H and O–H groups in total. The number of hydrogen-bond acceptors (Lipinski definition) is 1. The summed E-state index contributed by atoms with van der Waals surface area (Å²) in [6.07, 6.45) is 4.68. The first-order valence-electron chi connectivity index (χ1n) is 4.61. The molecule has 2 heteroatoms. The Morgan fingerprint density at radius 3 is 2.91 bits per heavy atom. The van der Waals surface area contributed by atoms with Gasteiger partial charge in [-0.1, -0.05) is 0 Å². The van der Waals surface area contributed by atoms with Crippen LogP contribution in [0.4, 0.5) is 4.39 Å². The summed E-state index contributed by atoms with van der Waals surface area (Å²) in [7, 11) is 0. The maximum atomic E-state index is 13.2. The van der Waals surface area contributed by atoms with E-state index in [0.717, 1.165) is 19.3 Å². The van der Waals surface area contributed by atoms with Crippen molar-refractivity contribution in [2.75, 3.05) is 0 Å². The molecule has 2 rings (SSSR count). The van der Waals surface area contributed by atoms with Gasteiger partial charge in [-0.3, -0.25) is 0 Å².